The Bertz CT molecular complexity index is 684. The van der Waals surface area contributed by atoms with E-state index in [0.717, 1.165) is 37.8 Å². The third-order valence-electron chi connectivity index (χ3n) is 4.41. The van der Waals surface area contributed by atoms with Crippen molar-refractivity contribution >= 4 is 11.6 Å². The molecule has 20 heavy (non-hydrogen) atoms. The van der Waals surface area contributed by atoms with E-state index in [9.17, 15) is 4.79 Å². The van der Waals surface area contributed by atoms with Crippen LogP contribution < -0.4 is 5.32 Å². The molecular weight excluding hydrogens is 250 g/mol. The van der Waals surface area contributed by atoms with Crippen LogP contribution in [0.4, 0.5) is 0 Å². The highest BCUT2D eigenvalue weighted by Crippen LogP contribution is 2.28. The van der Waals surface area contributed by atoms with Crippen molar-refractivity contribution in [3.8, 4) is 0 Å². The molecule has 1 amide bonds. The molecule has 4 heteroatoms. The number of nitrogens with zero attached hydrogens (tertiary/aromatic N) is 2. The zero-order chi connectivity index (χ0) is 13.7. The third-order valence-corrected chi connectivity index (χ3v) is 4.41. The van der Waals surface area contributed by atoms with Crippen LogP contribution in [0.1, 0.15) is 36.2 Å². The maximum absolute atomic E-state index is 12.2. The molecule has 104 valence electrons. The Hall–Kier alpha value is -1.84. The smallest absolute Gasteiger partial charge is 0.223 e. The molecule has 2 aliphatic rings. The molecule has 1 fully saturated rings. The molecule has 0 radical (unpaired) electrons. The number of aromatic nitrogens is 2. The Morgan fingerprint density at radius 3 is 3.00 bits per heavy atom. The lowest BCUT2D eigenvalue weighted by molar-refractivity contribution is -0.125. The van der Waals surface area contributed by atoms with E-state index >= 15 is 0 Å². The summed E-state index contributed by atoms with van der Waals surface area (Å²) in [6.45, 7) is 2.09. The van der Waals surface area contributed by atoms with Crippen LogP contribution in [0.5, 0.6) is 0 Å². The fourth-order valence-electron chi connectivity index (χ4n) is 3.08. The molecule has 0 aliphatic heterocycles. The average molecular weight is 269 g/mol. The Morgan fingerprint density at radius 2 is 2.20 bits per heavy atom. The molecule has 2 aromatic rings. The molecular formula is C16H19N3O. The lowest BCUT2D eigenvalue weighted by Crippen LogP contribution is -2.35. The fraction of sp³-hybridized carbons (Fsp3) is 0.500. The molecule has 0 aromatic carbocycles. The molecule has 0 spiro atoms. The summed E-state index contributed by atoms with van der Waals surface area (Å²) in [4.78, 5) is 16.9. The van der Waals surface area contributed by atoms with Gasteiger partial charge in [-0.15, -0.1) is 0 Å². The van der Waals surface area contributed by atoms with Gasteiger partial charge < -0.3 is 9.72 Å². The van der Waals surface area contributed by atoms with Crippen molar-refractivity contribution in [2.75, 3.05) is 0 Å². The molecule has 1 N–H and O–H groups in total. The Labute approximate surface area is 118 Å². The first-order valence-corrected chi connectivity index (χ1v) is 7.47. The number of nitrogens with one attached hydrogen (secondary N) is 1. The van der Waals surface area contributed by atoms with E-state index in [2.05, 4.69) is 35.0 Å². The van der Waals surface area contributed by atoms with Crippen LogP contribution in [0.3, 0.4) is 0 Å². The second kappa shape index (κ2) is 4.33. The van der Waals surface area contributed by atoms with Crippen LogP contribution in [0, 0.1) is 12.8 Å². The van der Waals surface area contributed by atoms with Crippen molar-refractivity contribution in [1.82, 2.24) is 14.7 Å². The SMILES string of the molecule is Cc1ccc2nc3c(n2c1)CC(C(=O)NC1CC1)CC3. The van der Waals surface area contributed by atoms with Crippen molar-refractivity contribution in [3.63, 3.8) is 0 Å². The number of fused-ring (bicyclic) bond motifs is 3. The Balaban J connectivity index is 1.65. The minimum Gasteiger partial charge on any atom is -0.353 e. The normalized spacial score (nSPS) is 21.8. The lowest BCUT2D eigenvalue weighted by atomic mass is 9.89. The second-order valence-electron chi connectivity index (χ2n) is 6.16. The number of hydrogen-bond donors (Lipinski definition) is 1. The minimum absolute atomic E-state index is 0.114. The van der Waals surface area contributed by atoms with Crippen molar-refractivity contribution in [2.45, 2.75) is 45.1 Å². The minimum atomic E-state index is 0.114. The predicted octanol–water partition coefficient (Wildman–Crippen LogP) is 2.03. The number of amides is 1. The van der Waals surface area contributed by atoms with Gasteiger partial charge in [0.25, 0.3) is 0 Å². The van der Waals surface area contributed by atoms with Gasteiger partial charge in [-0.2, -0.15) is 0 Å². The van der Waals surface area contributed by atoms with Gasteiger partial charge in [-0.3, -0.25) is 4.79 Å². The molecule has 1 saturated carbocycles. The summed E-state index contributed by atoms with van der Waals surface area (Å²) in [5.74, 6) is 0.351. The number of hydrogen-bond acceptors (Lipinski definition) is 2. The summed E-state index contributed by atoms with van der Waals surface area (Å²) >= 11 is 0. The lowest BCUT2D eigenvalue weighted by Gasteiger charge is -2.21. The Kier molecular flexibility index (Phi) is 2.59. The molecule has 1 atom stereocenters. The van der Waals surface area contributed by atoms with Crippen LogP contribution in [0.15, 0.2) is 18.3 Å². The van der Waals surface area contributed by atoms with Crippen molar-refractivity contribution < 1.29 is 4.79 Å². The van der Waals surface area contributed by atoms with E-state index in [1.165, 1.54) is 17.0 Å². The standard InChI is InChI=1S/C16H19N3O/c1-10-2-7-15-18-13-6-3-11(8-14(13)19(15)9-10)16(20)17-12-4-5-12/h2,7,9,11-12H,3-6,8H2,1H3,(H,17,20). The summed E-state index contributed by atoms with van der Waals surface area (Å²) < 4.78 is 2.17. The third kappa shape index (κ3) is 1.99. The van der Waals surface area contributed by atoms with E-state index in [-0.39, 0.29) is 11.8 Å². The van der Waals surface area contributed by atoms with Gasteiger partial charge in [0.2, 0.25) is 5.91 Å². The highest BCUT2D eigenvalue weighted by atomic mass is 16.2. The summed E-state index contributed by atoms with van der Waals surface area (Å²) in [5, 5.41) is 3.14. The summed E-state index contributed by atoms with van der Waals surface area (Å²) in [6, 6.07) is 4.60. The molecule has 1 unspecified atom stereocenters. The van der Waals surface area contributed by atoms with Crippen LogP contribution >= 0.6 is 0 Å². The first kappa shape index (κ1) is 11.9. The summed E-state index contributed by atoms with van der Waals surface area (Å²) in [7, 11) is 0. The summed E-state index contributed by atoms with van der Waals surface area (Å²) in [5.41, 5.74) is 4.63. The van der Waals surface area contributed by atoms with Gasteiger partial charge in [-0.1, -0.05) is 6.07 Å². The Morgan fingerprint density at radius 1 is 1.35 bits per heavy atom. The van der Waals surface area contributed by atoms with Gasteiger partial charge in [-0.05, 0) is 44.2 Å². The number of carbonyl (C=O) groups is 1. The number of pyridine rings is 1. The fourth-order valence-corrected chi connectivity index (χ4v) is 3.08. The summed E-state index contributed by atoms with van der Waals surface area (Å²) in [6.07, 6.45) is 7.09. The quantitative estimate of drug-likeness (QED) is 0.906. The maximum Gasteiger partial charge on any atom is 0.223 e. The van der Waals surface area contributed by atoms with Gasteiger partial charge in [0.1, 0.15) is 5.65 Å². The van der Waals surface area contributed by atoms with Crippen LogP contribution in [-0.4, -0.2) is 21.3 Å². The monoisotopic (exact) mass is 269 g/mol. The molecule has 0 saturated heterocycles. The van der Waals surface area contributed by atoms with Gasteiger partial charge in [0.05, 0.1) is 5.69 Å². The molecule has 2 heterocycles. The maximum atomic E-state index is 12.2. The van der Waals surface area contributed by atoms with E-state index in [1.54, 1.807) is 0 Å². The van der Waals surface area contributed by atoms with E-state index < -0.39 is 0 Å². The number of rotatable bonds is 2. The largest absolute Gasteiger partial charge is 0.353 e. The molecule has 0 bridgehead atoms. The highest BCUT2D eigenvalue weighted by molar-refractivity contribution is 5.80. The molecule has 2 aromatic heterocycles. The second-order valence-corrected chi connectivity index (χ2v) is 6.16. The van der Waals surface area contributed by atoms with Crippen LogP contribution in [-0.2, 0) is 17.6 Å². The first-order chi connectivity index (χ1) is 9.70. The van der Waals surface area contributed by atoms with Gasteiger partial charge >= 0.3 is 0 Å². The number of imidazole rings is 1. The predicted molar refractivity (Wildman–Crippen MR) is 76.6 cm³/mol. The van der Waals surface area contributed by atoms with Crippen molar-refractivity contribution in [3.05, 3.63) is 35.3 Å². The number of aryl methyl sites for hydroxylation is 2. The van der Waals surface area contributed by atoms with Gasteiger partial charge in [0, 0.05) is 30.3 Å². The van der Waals surface area contributed by atoms with E-state index in [0.29, 0.717) is 6.04 Å². The topological polar surface area (TPSA) is 46.4 Å². The first-order valence-electron chi connectivity index (χ1n) is 7.47. The van der Waals surface area contributed by atoms with Gasteiger partial charge in [-0.25, -0.2) is 4.98 Å². The molecule has 4 rings (SSSR count). The van der Waals surface area contributed by atoms with Crippen LogP contribution in [0.25, 0.3) is 5.65 Å². The van der Waals surface area contributed by atoms with Gasteiger partial charge in [0.15, 0.2) is 0 Å². The van der Waals surface area contributed by atoms with Crippen molar-refractivity contribution in [2.24, 2.45) is 5.92 Å². The average Bonchev–Trinajstić information content (AvgIpc) is 3.18. The zero-order valence-corrected chi connectivity index (χ0v) is 11.7. The van der Waals surface area contributed by atoms with E-state index in [4.69, 9.17) is 4.98 Å². The number of carbonyl (C=O) groups excluding carboxylic acids is 1. The van der Waals surface area contributed by atoms with E-state index in [1.807, 2.05) is 0 Å². The molecule has 2 aliphatic carbocycles. The van der Waals surface area contributed by atoms with Crippen LogP contribution in [0.2, 0.25) is 0 Å². The van der Waals surface area contributed by atoms with Crippen molar-refractivity contribution in [1.29, 1.82) is 0 Å². The molecule has 4 nitrogen and oxygen atoms in total. The highest BCUT2D eigenvalue weighted by Gasteiger charge is 2.31. The zero-order valence-electron chi connectivity index (χ0n) is 11.7.